The molecule has 26 heavy (non-hydrogen) atoms. The molecule has 4 rings (SSSR count). The molecule has 1 heterocycles. The Morgan fingerprint density at radius 3 is 2.31 bits per heavy atom. The SMILES string of the molecule is CC12CCC(C/C1=N/NC(=O)CN1C(=O)C3CC=CCC3C1=O)C2(C)C. The van der Waals surface area contributed by atoms with E-state index in [4.69, 9.17) is 0 Å². The number of hydrazone groups is 1. The molecule has 1 aliphatic heterocycles. The molecular formula is C20H27N3O3. The minimum atomic E-state index is -0.394. The first-order valence-electron chi connectivity index (χ1n) is 9.62. The minimum absolute atomic E-state index is 0.0187. The molecule has 0 aromatic carbocycles. The van der Waals surface area contributed by atoms with E-state index >= 15 is 0 Å². The van der Waals surface area contributed by atoms with Crippen molar-refractivity contribution in [3.05, 3.63) is 12.2 Å². The highest BCUT2D eigenvalue weighted by molar-refractivity contribution is 6.07. The highest BCUT2D eigenvalue weighted by Gasteiger charge is 2.60. The van der Waals surface area contributed by atoms with Crippen LogP contribution >= 0.6 is 0 Å². The lowest BCUT2D eigenvalue weighted by atomic mass is 9.70. The molecule has 1 N–H and O–H groups in total. The molecule has 4 unspecified atom stereocenters. The number of hydrogen-bond acceptors (Lipinski definition) is 4. The topological polar surface area (TPSA) is 78.8 Å². The summed E-state index contributed by atoms with van der Waals surface area (Å²) in [6, 6.07) is 0. The predicted octanol–water partition coefficient (Wildman–Crippen LogP) is 2.26. The van der Waals surface area contributed by atoms with Gasteiger partial charge in [-0.1, -0.05) is 32.9 Å². The first-order valence-corrected chi connectivity index (χ1v) is 9.62. The van der Waals surface area contributed by atoms with Gasteiger partial charge < -0.3 is 0 Å². The van der Waals surface area contributed by atoms with Gasteiger partial charge in [0, 0.05) is 11.1 Å². The Bertz CT molecular complexity index is 713. The molecule has 0 spiro atoms. The largest absolute Gasteiger partial charge is 0.274 e. The molecule has 0 radical (unpaired) electrons. The van der Waals surface area contributed by atoms with Crippen LogP contribution in [0.5, 0.6) is 0 Å². The Kier molecular flexibility index (Phi) is 3.86. The Labute approximate surface area is 154 Å². The molecule has 0 aromatic rings. The number of amides is 3. The number of imide groups is 1. The predicted molar refractivity (Wildman–Crippen MR) is 96.9 cm³/mol. The van der Waals surface area contributed by atoms with E-state index in [0.29, 0.717) is 18.8 Å². The average molecular weight is 357 g/mol. The van der Waals surface area contributed by atoms with Crippen LogP contribution < -0.4 is 5.43 Å². The van der Waals surface area contributed by atoms with Gasteiger partial charge in [0.1, 0.15) is 6.54 Å². The molecule has 0 aromatic heterocycles. The Hall–Kier alpha value is -1.98. The summed E-state index contributed by atoms with van der Waals surface area (Å²) in [4.78, 5) is 38.3. The van der Waals surface area contributed by atoms with Crippen molar-refractivity contribution in [1.82, 2.24) is 10.3 Å². The maximum absolute atomic E-state index is 12.4. The second-order valence-electron chi connectivity index (χ2n) is 9.01. The van der Waals surface area contributed by atoms with Gasteiger partial charge in [-0.05, 0) is 43.4 Å². The van der Waals surface area contributed by atoms with Crippen molar-refractivity contribution in [2.45, 2.75) is 52.9 Å². The Morgan fingerprint density at radius 1 is 1.19 bits per heavy atom. The van der Waals surface area contributed by atoms with Crippen molar-refractivity contribution in [3.63, 3.8) is 0 Å². The number of fused-ring (bicyclic) bond motifs is 3. The molecule has 3 aliphatic carbocycles. The zero-order valence-electron chi connectivity index (χ0n) is 15.7. The summed E-state index contributed by atoms with van der Waals surface area (Å²) in [7, 11) is 0. The molecule has 6 heteroatoms. The van der Waals surface area contributed by atoms with Crippen molar-refractivity contribution in [2.75, 3.05) is 6.54 Å². The van der Waals surface area contributed by atoms with Crippen LogP contribution in [0.4, 0.5) is 0 Å². The van der Waals surface area contributed by atoms with Crippen LogP contribution in [-0.2, 0) is 14.4 Å². The Morgan fingerprint density at radius 2 is 1.81 bits per heavy atom. The van der Waals surface area contributed by atoms with Crippen molar-refractivity contribution in [2.24, 2.45) is 33.7 Å². The zero-order chi connectivity index (χ0) is 18.7. The van der Waals surface area contributed by atoms with Crippen LogP contribution in [0.3, 0.4) is 0 Å². The van der Waals surface area contributed by atoms with Crippen LogP contribution in [0.2, 0.25) is 0 Å². The van der Waals surface area contributed by atoms with Gasteiger partial charge in [-0.2, -0.15) is 5.10 Å². The fourth-order valence-electron chi connectivity index (χ4n) is 5.43. The van der Waals surface area contributed by atoms with Crippen LogP contribution in [0.25, 0.3) is 0 Å². The number of nitrogens with zero attached hydrogens (tertiary/aromatic N) is 2. The number of rotatable bonds is 3. The number of allylic oxidation sites excluding steroid dienone is 2. The van der Waals surface area contributed by atoms with E-state index in [-0.39, 0.29) is 41.0 Å². The van der Waals surface area contributed by atoms with Gasteiger partial charge >= 0.3 is 0 Å². The van der Waals surface area contributed by atoms with E-state index < -0.39 is 5.91 Å². The number of nitrogens with one attached hydrogen (secondary N) is 1. The lowest BCUT2D eigenvalue weighted by Gasteiger charge is -2.34. The summed E-state index contributed by atoms with van der Waals surface area (Å²) < 4.78 is 0. The quantitative estimate of drug-likeness (QED) is 0.478. The van der Waals surface area contributed by atoms with Crippen molar-refractivity contribution in [3.8, 4) is 0 Å². The molecule has 4 atom stereocenters. The molecule has 2 saturated carbocycles. The summed E-state index contributed by atoms with van der Waals surface area (Å²) in [5, 5.41) is 4.41. The maximum atomic E-state index is 12.4. The monoisotopic (exact) mass is 357 g/mol. The number of hydrogen-bond donors (Lipinski definition) is 1. The van der Waals surface area contributed by atoms with Crippen LogP contribution in [-0.4, -0.2) is 34.9 Å². The van der Waals surface area contributed by atoms with Crippen molar-refractivity contribution >= 4 is 23.4 Å². The van der Waals surface area contributed by atoms with Crippen LogP contribution in [0.1, 0.15) is 52.9 Å². The Balaban J connectivity index is 1.41. The third-order valence-corrected chi connectivity index (χ3v) is 7.73. The summed E-state index contributed by atoms with van der Waals surface area (Å²) >= 11 is 0. The first kappa shape index (κ1) is 17.4. The number of likely N-dealkylation sites (tertiary alicyclic amines) is 1. The maximum Gasteiger partial charge on any atom is 0.260 e. The fourth-order valence-corrected chi connectivity index (χ4v) is 5.43. The zero-order valence-corrected chi connectivity index (χ0v) is 15.7. The molecular weight excluding hydrogens is 330 g/mol. The van der Waals surface area contributed by atoms with E-state index in [0.717, 1.165) is 23.5 Å². The summed E-state index contributed by atoms with van der Waals surface area (Å²) in [6.45, 7) is 6.57. The van der Waals surface area contributed by atoms with E-state index in [9.17, 15) is 14.4 Å². The summed E-state index contributed by atoms with van der Waals surface area (Å²) in [6.07, 6.45) is 8.29. The number of carbonyl (C=O) groups excluding carboxylic acids is 3. The summed E-state index contributed by atoms with van der Waals surface area (Å²) in [5.41, 5.74) is 3.87. The normalized spacial score (nSPS) is 39.0. The van der Waals surface area contributed by atoms with E-state index in [2.05, 4.69) is 31.3 Å². The lowest BCUT2D eigenvalue weighted by Crippen LogP contribution is -2.40. The molecule has 1 saturated heterocycles. The van der Waals surface area contributed by atoms with Gasteiger partial charge in [0.25, 0.3) is 5.91 Å². The second kappa shape index (κ2) is 5.76. The molecule has 4 aliphatic rings. The van der Waals surface area contributed by atoms with E-state index in [1.807, 2.05) is 12.2 Å². The molecule has 140 valence electrons. The summed E-state index contributed by atoms with van der Waals surface area (Å²) in [5.74, 6) is -0.815. The highest BCUT2D eigenvalue weighted by Crippen LogP contribution is 2.63. The third kappa shape index (κ3) is 2.30. The average Bonchev–Trinajstić information content (AvgIpc) is 3.07. The van der Waals surface area contributed by atoms with Crippen LogP contribution in [0, 0.1) is 28.6 Å². The van der Waals surface area contributed by atoms with Gasteiger partial charge in [0.15, 0.2) is 0 Å². The number of carbonyl (C=O) groups is 3. The van der Waals surface area contributed by atoms with E-state index in [1.165, 1.54) is 6.42 Å². The minimum Gasteiger partial charge on any atom is -0.274 e. The van der Waals surface area contributed by atoms with Crippen LogP contribution in [0.15, 0.2) is 17.3 Å². The standard InChI is InChI=1S/C20H27N3O3/c1-19(2)12-8-9-20(19,3)15(10-12)21-22-16(24)11-23-17(25)13-6-4-5-7-14(13)18(23)26/h4-5,12-14H,6-11H2,1-3H3,(H,22,24)/b21-15-. The van der Waals surface area contributed by atoms with Crippen molar-refractivity contribution < 1.29 is 14.4 Å². The molecule has 3 amide bonds. The first-order chi connectivity index (χ1) is 12.3. The molecule has 6 nitrogen and oxygen atoms in total. The fraction of sp³-hybridized carbons (Fsp3) is 0.700. The second-order valence-corrected chi connectivity index (χ2v) is 9.01. The van der Waals surface area contributed by atoms with Gasteiger partial charge in [-0.3, -0.25) is 19.3 Å². The third-order valence-electron chi connectivity index (χ3n) is 7.73. The van der Waals surface area contributed by atoms with Gasteiger partial charge in [-0.15, -0.1) is 0 Å². The van der Waals surface area contributed by atoms with Gasteiger partial charge in [-0.25, -0.2) is 5.43 Å². The lowest BCUT2D eigenvalue weighted by molar-refractivity contribution is -0.143. The molecule has 2 bridgehead atoms. The van der Waals surface area contributed by atoms with Gasteiger partial charge in [0.05, 0.1) is 11.8 Å². The van der Waals surface area contributed by atoms with Crippen molar-refractivity contribution in [1.29, 1.82) is 0 Å². The van der Waals surface area contributed by atoms with E-state index in [1.54, 1.807) is 0 Å². The van der Waals surface area contributed by atoms with Gasteiger partial charge in [0.2, 0.25) is 11.8 Å². The smallest absolute Gasteiger partial charge is 0.260 e. The molecule has 3 fully saturated rings. The highest BCUT2D eigenvalue weighted by atomic mass is 16.2.